The summed E-state index contributed by atoms with van der Waals surface area (Å²) in [5.74, 6) is -1.32. The van der Waals surface area contributed by atoms with Gasteiger partial charge in [0, 0.05) is 12.2 Å². The highest BCUT2D eigenvalue weighted by molar-refractivity contribution is 5.91. The number of amides is 2. The van der Waals surface area contributed by atoms with Crippen LogP contribution in [0.25, 0.3) is 0 Å². The average Bonchev–Trinajstić information content (AvgIpc) is 2.23. The summed E-state index contributed by atoms with van der Waals surface area (Å²) in [5, 5.41) is 2.33. The summed E-state index contributed by atoms with van der Waals surface area (Å²) in [6.07, 6.45) is 1.92. The molecule has 3 N–H and O–H groups in total. The van der Waals surface area contributed by atoms with Crippen molar-refractivity contribution in [3.63, 3.8) is 0 Å². The summed E-state index contributed by atoms with van der Waals surface area (Å²) in [6, 6.07) is -1.09. The van der Waals surface area contributed by atoms with Crippen LogP contribution in [0.4, 0.5) is 4.79 Å². The molecule has 0 saturated carbocycles. The molecule has 0 aliphatic heterocycles. The Balaban J connectivity index is 3.87. The second-order valence-corrected chi connectivity index (χ2v) is 3.13. The SMILES string of the molecule is CCOC(=O)/C=C/C(=O)OC[C@H](C)NC(N)=O. The maximum Gasteiger partial charge on any atom is 0.331 e. The van der Waals surface area contributed by atoms with Crippen LogP contribution in [-0.2, 0) is 19.1 Å². The molecule has 17 heavy (non-hydrogen) atoms. The van der Waals surface area contributed by atoms with Gasteiger partial charge in [0.15, 0.2) is 0 Å². The molecular weight excluding hydrogens is 228 g/mol. The number of esters is 2. The summed E-state index contributed by atoms with van der Waals surface area (Å²) in [7, 11) is 0. The summed E-state index contributed by atoms with van der Waals surface area (Å²) in [5.41, 5.74) is 4.87. The summed E-state index contributed by atoms with van der Waals surface area (Å²) >= 11 is 0. The average molecular weight is 244 g/mol. The number of ether oxygens (including phenoxy) is 2. The van der Waals surface area contributed by atoms with Gasteiger partial charge in [-0.25, -0.2) is 14.4 Å². The molecule has 0 aliphatic rings. The summed E-state index contributed by atoms with van der Waals surface area (Å²) in [6.45, 7) is 3.47. The third kappa shape index (κ3) is 8.91. The van der Waals surface area contributed by atoms with Gasteiger partial charge in [-0.15, -0.1) is 0 Å². The van der Waals surface area contributed by atoms with Crippen molar-refractivity contribution in [2.75, 3.05) is 13.2 Å². The van der Waals surface area contributed by atoms with E-state index in [1.807, 2.05) is 0 Å². The summed E-state index contributed by atoms with van der Waals surface area (Å²) in [4.78, 5) is 32.4. The fourth-order valence-corrected chi connectivity index (χ4v) is 0.866. The number of nitrogens with two attached hydrogens (primary N) is 1. The van der Waals surface area contributed by atoms with Crippen molar-refractivity contribution in [3.8, 4) is 0 Å². The lowest BCUT2D eigenvalue weighted by Crippen LogP contribution is -2.39. The molecule has 0 radical (unpaired) electrons. The number of rotatable bonds is 6. The minimum atomic E-state index is -0.699. The number of primary amides is 1. The Morgan fingerprint density at radius 3 is 2.24 bits per heavy atom. The molecule has 0 aromatic heterocycles. The molecule has 0 bridgehead atoms. The minimum absolute atomic E-state index is 0.0328. The second-order valence-electron chi connectivity index (χ2n) is 3.13. The molecule has 0 fully saturated rings. The predicted molar refractivity (Wildman–Crippen MR) is 58.9 cm³/mol. The van der Waals surface area contributed by atoms with E-state index in [0.717, 1.165) is 12.2 Å². The number of carbonyl (C=O) groups is 3. The van der Waals surface area contributed by atoms with Crippen LogP contribution in [-0.4, -0.2) is 37.2 Å². The lowest BCUT2D eigenvalue weighted by molar-refractivity contribution is -0.140. The molecule has 96 valence electrons. The van der Waals surface area contributed by atoms with E-state index in [4.69, 9.17) is 10.5 Å². The van der Waals surface area contributed by atoms with Gasteiger partial charge in [0.25, 0.3) is 0 Å². The normalized spacial score (nSPS) is 11.9. The zero-order chi connectivity index (χ0) is 13.3. The Morgan fingerprint density at radius 1 is 1.24 bits per heavy atom. The second kappa shape index (κ2) is 8.14. The Morgan fingerprint density at radius 2 is 1.76 bits per heavy atom. The first kappa shape index (κ1) is 14.9. The Labute approximate surface area is 98.9 Å². The van der Waals surface area contributed by atoms with E-state index in [9.17, 15) is 14.4 Å². The van der Waals surface area contributed by atoms with E-state index in [1.54, 1.807) is 13.8 Å². The number of carbonyl (C=O) groups excluding carboxylic acids is 3. The number of hydrogen-bond donors (Lipinski definition) is 2. The van der Waals surface area contributed by atoms with Crippen molar-refractivity contribution in [2.45, 2.75) is 19.9 Å². The molecule has 0 unspecified atom stereocenters. The third-order valence-corrected chi connectivity index (χ3v) is 1.51. The van der Waals surface area contributed by atoms with Gasteiger partial charge < -0.3 is 20.5 Å². The number of hydrogen-bond acceptors (Lipinski definition) is 5. The van der Waals surface area contributed by atoms with Gasteiger partial charge in [-0.05, 0) is 13.8 Å². The van der Waals surface area contributed by atoms with Crippen molar-refractivity contribution in [3.05, 3.63) is 12.2 Å². The Kier molecular flexibility index (Phi) is 7.16. The van der Waals surface area contributed by atoms with Gasteiger partial charge in [0.05, 0.1) is 12.6 Å². The summed E-state index contributed by atoms with van der Waals surface area (Å²) < 4.78 is 9.29. The Hall–Kier alpha value is -2.05. The van der Waals surface area contributed by atoms with Gasteiger partial charge in [-0.2, -0.15) is 0 Å². The zero-order valence-corrected chi connectivity index (χ0v) is 9.76. The smallest absolute Gasteiger partial charge is 0.331 e. The number of urea groups is 1. The van der Waals surface area contributed by atoms with Crippen LogP contribution in [0, 0.1) is 0 Å². The molecule has 1 atom stereocenters. The molecule has 2 amide bonds. The first-order valence-corrected chi connectivity index (χ1v) is 5.03. The van der Waals surface area contributed by atoms with E-state index in [2.05, 4.69) is 10.1 Å². The van der Waals surface area contributed by atoms with Crippen LogP contribution in [0.15, 0.2) is 12.2 Å². The van der Waals surface area contributed by atoms with E-state index >= 15 is 0 Å². The molecule has 7 nitrogen and oxygen atoms in total. The van der Waals surface area contributed by atoms with Crippen LogP contribution in [0.1, 0.15) is 13.8 Å². The van der Waals surface area contributed by atoms with Crippen molar-refractivity contribution >= 4 is 18.0 Å². The first-order valence-electron chi connectivity index (χ1n) is 5.03. The number of nitrogens with one attached hydrogen (secondary N) is 1. The molecule has 0 aromatic rings. The van der Waals surface area contributed by atoms with Gasteiger partial charge in [-0.1, -0.05) is 0 Å². The molecule has 0 heterocycles. The molecule has 0 rings (SSSR count). The standard InChI is InChI=1S/C10H16N2O5/c1-3-16-8(13)4-5-9(14)17-6-7(2)12-10(11)15/h4-5,7H,3,6H2,1-2H3,(H3,11,12,15)/b5-4+/t7-/m0/s1. The third-order valence-electron chi connectivity index (χ3n) is 1.51. The molecule has 0 spiro atoms. The topological polar surface area (TPSA) is 108 Å². The van der Waals surface area contributed by atoms with Crippen LogP contribution >= 0.6 is 0 Å². The Bertz CT molecular complexity index is 314. The molecule has 0 aliphatic carbocycles. The van der Waals surface area contributed by atoms with Crippen LogP contribution in [0.2, 0.25) is 0 Å². The van der Waals surface area contributed by atoms with E-state index in [0.29, 0.717) is 0 Å². The van der Waals surface area contributed by atoms with Crippen LogP contribution in [0.3, 0.4) is 0 Å². The van der Waals surface area contributed by atoms with E-state index < -0.39 is 24.0 Å². The van der Waals surface area contributed by atoms with Crippen LogP contribution < -0.4 is 11.1 Å². The van der Waals surface area contributed by atoms with Crippen molar-refractivity contribution in [1.82, 2.24) is 5.32 Å². The van der Waals surface area contributed by atoms with Crippen molar-refractivity contribution in [2.24, 2.45) is 5.73 Å². The highest BCUT2D eigenvalue weighted by Gasteiger charge is 2.06. The van der Waals surface area contributed by atoms with Gasteiger partial charge in [-0.3, -0.25) is 0 Å². The first-order chi connectivity index (χ1) is 7.95. The molecular formula is C10H16N2O5. The predicted octanol–water partition coefficient (Wildman–Crippen LogP) is -0.294. The lowest BCUT2D eigenvalue weighted by Gasteiger charge is -2.11. The van der Waals surface area contributed by atoms with E-state index in [1.165, 1.54) is 0 Å². The highest BCUT2D eigenvalue weighted by Crippen LogP contribution is 1.88. The van der Waals surface area contributed by atoms with Crippen molar-refractivity contribution in [1.29, 1.82) is 0 Å². The minimum Gasteiger partial charge on any atom is -0.463 e. The van der Waals surface area contributed by atoms with Gasteiger partial charge in [0.2, 0.25) is 0 Å². The maximum absolute atomic E-state index is 11.1. The largest absolute Gasteiger partial charge is 0.463 e. The fraction of sp³-hybridized carbons (Fsp3) is 0.500. The van der Waals surface area contributed by atoms with Gasteiger partial charge in [0.1, 0.15) is 6.61 Å². The fourth-order valence-electron chi connectivity index (χ4n) is 0.866. The molecule has 7 heteroatoms. The maximum atomic E-state index is 11.1. The lowest BCUT2D eigenvalue weighted by atomic mass is 10.4. The molecule has 0 saturated heterocycles. The van der Waals surface area contributed by atoms with E-state index in [-0.39, 0.29) is 13.2 Å². The van der Waals surface area contributed by atoms with Crippen molar-refractivity contribution < 1.29 is 23.9 Å². The van der Waals surface area contributed by atoms with Gasteiger partial charge >= 0.3 is 18.0 Å². The quantitative estimate of drug-likeness (QED) is 0.493. The zero-order valence-electron chi connectivity index (χ0n) is 9.76. The molecule has 0 aromatic carbocycles. The highest BCUT2D eigenvalue weighted by atomic mass is 16.5. The van der Waals surface area contributed by atoms with Crippen LogP contribution in [0.5, 0.6) is 0 Å². The monoisotopic (exact) mass is 244 g/mol.